The topological polar surface area (TPSA) is 195 Å². The molecule has 0 aliphatic heterocycles. The normalized spacial score (nSPS) is 8.07. The van der Waals surface area contributed by atoms with Crippen molar-refractivity contribution in [3.63, 3.8) is 0 Å². The van der Waals surface area contributed by atoms with Gasteiger partial charge in [-0.3, -0.25) is 9.59 Å². The fourth-order valence-electron chi connectivity index (χ4n) is 2.68. The second kappa shape index (κ2) is 53.3. The van der Waals surface area contributed by atoms with E-state index in [-0.39, 0.29) is 11.6 Å². The van der Waals surface area contributed by atoms with E-state index in [0.29, 0.717) is 9.79 Å². The monoisotopic (exact) mass is 798 g/mol. The molecule has 6 N–H and O–H groups in total. The zero-order valence-corrected chi connectivity index (χ0v) is 37.5. The van der Waals surface area contributed by atoms with Crippen molar-refractivity contribution in [2.24, 2.45) is 11.5 Å². The fraction of sp³-hybridized carbons (Fsp3) is 0.381. The predicted molar refractivity (Wildman–Crippen MR) is 234 cm³/mol. The molecule has 0 saturated carbocycles. The number of nitrogens with two attached hydrogens (primary N) is 2. The summed E-state index contributed by atoms with van der Waals surface area (Å²) in [6.07, 6.45) is 2.39. The average molecular weight is 799 g/mol. The minimum absolute atomic E-state index is 0.121. The molecule has 0 aromatic heterocycles. The maximum absolute atomic E-state index is 10.8. The molecule has 0 spiro atoms. The SMILES string of the molecule is CC.CC.CC.CC.CC(=O)c1ccccc1.CC(=O)c1ccccc1.CN.CN.CO.CO.CS(=O)(=O)c1ccccc1.CS(=O)(=O)c1ccccc1. The molecule has 4 aromatic rings. The second-order valence-electron chi connectivity index (χ2n) is 8.01. The van der Waals surface area contributed by atoms with E-state index in [1.54, 1.807) is 74.5 Å². The largest absolute Gasteiger partial charge is 0.400 e. The fourth-order valence-corrected chi connectivity index (χ4v) is 3.98. The third kappa shape index (κ3) is 46.0. The zero-order chi connectivity index (χ0) is 44.6. The van der Waals surface area contributed by atoms with Crippen LogP contribution in [0.5, 0.6) is 0 Å². The van der Waals surface area contributed by atoms with Crippen LogP contribution in [0.15, 0.2) is 131 Å². The zero-order valence-electron chi connectivity index (χ0n) is 35.9. The Balaban J connectivity index is -0.0000000773. The van der Waals surface area contributed by atoms with E-state index >= 15 is 0 Å². The number of benzene rings is 4. The second-order valence-corrected chi connectivity index (χ2v) is 12.0. The summed E-state index contributed by atoms with van der Waals surface area (Å²) in [5.41, 5.74) is 10.6. The molecule has 0 bridgehead atoms. The summed E-state index contributed by atoms with van der Waals surface area (Å²) >= 11 is 0. The van der Waals surface area contributed by atoms with Gasteiger partial charge in [-0.05, 0) is 52.2 Å². The van der Waals surface area contributed by atoms with Crippen molar-refractivity contribution in [3.05, 3.63) is 132 Å². The maximum atomic E-state index is 10.8. The van der Waals surface area contributed by atoms with E-state index < -0.39 is 19.7 Å². The minimum atomic E-state index is -3.00. The number of sulfone groups is 2. The van der Waals surface area contributed by atoms with Crippen LogP contribution in [-0.2, 0) is 19.7 Å². The van der Waals surface area contributed by atoms with Crippen LogP contribution in [0.25, 0.3) is 0 Å². The Morgan fingerprint density at radius 1 is 0.389 bits per heavy atom. The van der Waals surface area contributed by atoms with Gasteiger partial charge in [-0.15, -0.1) is 0 Å². The Hall–Kier alpha value is -4.04. The van der Waals surface area contributed by atoms with E-state index in [0.717, 1.165) is 25.3 Å². The van der Waals surface area contributed by atoms with Gasteiger partial charge in [0.05, 0.1) is 9.79 Å². The molecule has 54 heavy (non-hydrogen) atoms. The first-order valence-corrected chi connectivity index (χ1v) is 21.3. The van der Waals surface area contributed by atoms with Crippen LogP contribution in [0.1, 0.15) is 90.0 Å². The number of carbonyl (C=O) groups is 2. The molecule has 0 aliphatic carbocycles. The van der Waals surface area contributed by atoms with Gasteiger partial charge in [0, 0.05) is 37.9 Å². The molecular formula is C42H74N2O8S2. The molecule has 12 heteroatoms. The molecule has 0 saturated heterocycles. The van der Waals surface area contributed by atoms with E-state index in [2.05, 4.69) is 11.5 Å². The maximum Gasteiger partial charge on any atom is 0.175 e. The lowest BCUT2D eigenvalue weighted by Gasteiger charge is -1.93. The van der Waals surface area contributed by atoms with Gasteiger partial charge in [-0.1, -0.05) is 152 Å². The number of aliphatic hydroxyl groups excluding tert-OH is 2. The Morgan fingerprint density at radius 3 is 0.630 bits per heavy atom. The lowest BCUT2D eigenvalue weighted by molar-refractivity contribution is 0.100. The van der Waals surface area contributed by atoms with Crippen LogP contribution in [0, 0.1) is 0 Å². The van der Waals surface area contributed by atoms with Gasteiger partial charge in [0.2, 0.25) is 0 Å². The molecular weight excluding hydrogens is 725 g/mol. The number of carbonyl (C=O) groups excluding carboxylic acids is 2. The summed E-state index contributed by atoms with van der Waals surface area (Å²) in [5.74, 6) is 0.242. The van der Waals surface area contributed by atoms with Crippen LogP contribution in [0.2, 0.25) is 0 Å². The van der Waals surface area contributed by atoms with Gasteiger partial charge in [0.15, 0.2) is 31.2 Å². The first-order chi connectivity index (χ1) is 25.8. The van der Waals surface area contributed by atoms with Crippen molar-refractivity contribution in [1.82, 2.24) is 0 Å². The van der Waals surface area contributed by atoms with Crippen LogP contribution >= 0.6 is 0 Å². The molecule has 0 aliphatic rings. The number of hydrogen-bond acceptors (Lipinski definition) is 10. The summed E-state index contributed by atoms with van der Waals surface area (Å²) in [6.45, 7) is 19.1. The summed E-state index contributed by atoms with van der Waals surface area (Å²) in [5, 5.41) is 14.0. The van der Waals surface area contributed by atoms with Gasteiger partial charge in [0.1, 0.15) is 0 Å². The van der Waals surface area contributed by atoms with E-state index in [9.17, 15) is 26.4 Å². The Morgan fingerprint density at radius 2 is 0.537 bits per heavy atom. The predicted octanol–water partition coefficient (Wildman–Crippen LogP) is 8.43. The highest BCUT2D eigenvalue weighted by Gasteiger charge is 2.03. The molecule has 10 nitrogen and oxygen atoms in total. The van der Waals surface area contributed by atoms with Crippen molar-refractivity contribution in [2.75, 3.05) is 40.8 Å². The lowest BCUT2D eigenvalue weighted by Crippen LogP contribution is -1.95. The van der Waals surface area contributed by atoms with Crippen molar-refractivity contribution in [3.8, 4) is 0 Å². The quantitative estimate of drug-likeness (QED) is 0.146. The number of Topliss-reactive ketones (excluding diaryl/α,β-unsaturated/α-hetero) is 2. The van der Waals surface area contributed by atoms with Crippen LogP contribution < -0.4 is 11.5 Å². The van der Waals surface area contributed by atoms with Gasteiger partial charge in [0.25, 0.3) is 0 Å². The number of hydrogen-bond donors (Lipinski definition) is 4. The Labute approximate surface area is 330 Å². The molecule has 0 atom stereocenters. The molecule has 0 radical (unpaired) electrons. The lowest BCUT2D eigenvalue weighted by atomic mass is 10.2. The van der Waals surface area contributed by atoms with Gasteiger partial charge >= 0.3 is 0 Å². The average Bonchev–Trinajstić information content (AvgIpc) is 3.25. The molecule has 0 unspecified atom stereocenters. The molecule has 0 heterocycles. The first-order valence-electron chi connectivity index (χ1n) is 17.5. The van der Waals surface area contributed by atoms with E-state index in [1.165, 1.54) is 26.6 Å². The van der Waals surface area contributed by atoms with Crippen molar-refractivity contribution in [2.45, 2.75) is 79.0 Å². The molecule has 4 aromatic carbocycles. The molecule has 312 valence electrons. The first kappa shape index (κ1) is 68.0. The van der Waals surface area contributed by atoms with Crippen LogP contribution in [-0.4, -0.2) is 79.4 Å². The number of ketones is 2. The number of rotatable bonds is 4. The number of aliphatic hydroxyl groups is 2. The summed E-state index contributed by atoms with van der Waals surface area (Å²) in [6, 6.07) is 35.2. The third-order valence-electron chi connectivity index (χ3n) is 4.70. The van der Waals surface area contributed by atoms with E-state index in [1.807, 2.05) is 116 Å². The Bertz CT molecular complexity index is 1370. The van der Waals surface area contributed by atoms with Crippen LogP contribution in [0.4, 0.5) is 0 Å². The van der Waals surface area contributed by atoms with Crippen molar-refractivity contribution >= 4 is 31.2 Å². The van der Waals surface area contributed by atoms with Crippen LogP contribution in [0.3, 0.4) is 0 Å². The minimum Gasteiger partial charge on any atom is -0.400 e. The smallest absolute Gasteiger partial charge is 0.175 e. The van der Waals surface area contributed by atoms with E-state index in [4.69, 9.17) is 10.2 Å². The standard InChI is InChI=1S/2C8H8O.2C7H8O2S.4C2H6.2CH5N.2CH4O/c2*1-7(9)8-5-3-2-4-6-8;2*1-10(8,9)7-5-3-2-4-6-7;8*1-2/h2*2-6H,1H3;2*2-6H,1H3;4*1-2H3;2*2H2,1H3;2*2H,1H3. The Kier molecular flexibility index (Phi) is 67.2. The summed E-state index contributed by atoms with van der Waals surface area (Å²) < 4.78 is 43.3. The van der Waals surface area contributed by atoms with Crippen molar-refractivity contribution < 1.29 is 36.6 Å². The molecule has 0 amide bonds. The highest BCUT2D eigenvalue weighted by molar-refractivity contribution is 7.91. The summed E-state index contributed by atoms with van der Waals surface area (Å²) in [4.78, 5) is 22.0. The van der Waals surface area contributed by atoms with Crippen molar-refractivity contribution in [1.29, 1.82) is 0 Å². The third-order valence-corrected chi connectivity index (χ3v) is 6.96. The molecule has 4 rings (SSSR count). The highest BCUT2D eigenvalue weighted by Crippen LogP contribution is 2.06. The van der Waals surface area contributed by atoms with Gasteiger partial charge in [-0.2, -0.15) is 0 Å². The molecule has 0 fully saturated rings. The van der Waals surface area contributed by atoms with Gasteiger partial charge in [-0.25, -0.2) is 16.8 Å². The van der Waals surface area contributed by atoms with Gasteiger partial charge < -0.3 is 21.7 Å². The summed E-state index contributed by atoms with van der Waals surface area (Å²) in [7, 11) is -1.01. The highest BCUT2D eigenvalue weighted by atomic mass is 32.2.